The Morgan fingerprint density at radius 1 is 1.04 bits per heavy atom. The zero-order valence-electron chi connectivity index (χ0n) is 15.4. The average molecular weight is 366 g/mol. The number of imide groups is 1. The summed E-state index contributed by atoms with van der Waals surface area (Å²) in [5.41, 5.74) is 1.77. The maximum Gasteiger partial charge on any atom is 0.261 e. The van der Waals surface area contributed by atoms with Crippen molar-refractivity contribution in [1.82, 2.24) is 10.2 Å². The third kappa shape index (κ3) is 3.84. The smallest absolute Gasteiger partial charge is 0.261 e. The second-order valence-electron chi connectivity index (χ2n) is 6.36. The molecule has 0 unspecified atom stereocenters. The molecule has 0 bridgehead atoms. The molecule has 27 heavy (non-hydrogen) atoms. The first-order valence-electron chi connectivity index (χ1n) is 8.93. The van der Waals surface area contributed by atoms with E-state index in [-0.39, 0.29) is 36.7 Å². The van der Waals surface area contributed by atoms with Crippen molar-refractivity contribution in [3.63, 3.8) is 0 Å². The maximum atomic E-state index is 12.4. The van der Waals surface area contributed by atoms with Crippen molar-refractivity contribution in [1.29, 1.82) is 0 Å². The van der Waals surface area contributed by atoms with Gasteiger partial charge in [0.05, 0.1) is 24.3 Å². The van der Waals surface area contributed by atoms with Crippen molar-refractivity contribution >= 4 is 17.7 Å². The minimum atomic E-state index is -0.342. The fraction of sp³-hybridized carbons (Fsp3) is 0.286. The lowest BCUT2D eigenvalue weighted by molar-refractivity contribution is -0.121. The Kier molecular flexibility index (Phi) is 5.54. The number of benzene rings is 2. The fourth-order valence-electron chi connectivity index (χ4n) is 3.18. The van der Waals surface area contributed by atoms with Gasteiger partial charge in [-0.15, -0.1) is 0 Å². The van der Waals surface area contributed by atoms with Crippen LogP contribution in [-0.4, -0.2) is 36.3 Å². The topological polar surface area (TPSA) is 75.7 Å². The van der Waals surface area contributed by atoms with Crippen LogP contribution in [0.2, 0.25) is 0 Å². The van der Waals surface area contributed by atoms with E-state index in [1.54, 1.807) is 31.4 Å². The number of carbonyl (C=O) groups is 3. The SMILES string of the molecule is CC[C@@H](NC(=O)CCN1C(=O)c2ccccc2C1=O)c1ccc(OC)cc1. The molecular weight excluding hydrogens is 344 g/mol. The van der Waals surface area contributed by atoms with E-state index in [1.807, 2.05) is 31.2 Å². The first-order valence-corrected chi connectivity index (χ1v) is 8.93. The van der Waals surface area contributed by atoms with Gasteiger partial charge in [-0.3, -0.25) is 19.3 Å². The van der Waals surface area contributed by atoms with Crippen molar-refractivity contribution in [2.75, 3.05) is 13.7 Å². The standard InChI is InChI=1S/C21H22N2O4/c1-3-18(14-8-10-15(27-2)11-9-14)22-19(24)12-13-23-20(25)16-6-4-5-7-17(16)21(23)26/h4-11,18H,3,12-13H2,1-2H3,(H,22,24)/t18-/m1/s1. The van der Waals surface area contributed by atoms with Crippen LogP contribution in [0.3, 0.4) is 0 Å². The van der Waals surface area contributed by atoms with E-state index in [9.17, 15) is 14.4 Å². The molecule has 6 heteroatoms. The number of amides is 3. The van der Waals surface area contributed by atoms with E-state index < -0.39 is 0 Å². The molecule has 1 N–H and O–H groups in total. The van der Waals surface area contributed by atoms with Gasteiger partial charge in [-0.2, -0.15) is 0 Å². The molecule has 0 radical (unpaired) electrons. The van der Waals surface area contributed by atoms with Gasteiger partial charge in [0.1, 0.15) is 5.75 Å². The molecule has 140 valence electrons. The van der Waals surface area contributed by atoms with Crippen molar-refractivity contribution in [3.05, 3.63) is 65.2 Å². The second-order valence-corrected chi connectivity index (χ2v) is 6.36. The van der Waals surface area contributed by atoms with Gasteiger partial charge in [0.15, 0.2) is 0 Å². The Morgan fingerprint density at radius 2 is 1.63 bits per heavy atom. The molecule has 0 saturated carbocycles. The molecule has 3 rings (SSSR count). The Bertz CT molecular complexity index is 826. The molecule has 0 fully saturated rings. The van der Waals surface area contributed by atoms with E-state index in [4.69, 9.17) is 4.74 Å². The van der Waals surface area contributed by atoms with Crippen LogP contribution in [0.25, 0.3) is 0 Å². The highest BCUT2D eigenvalue weighted by Gasteiger charge is 2.35. The van der Waals surface area contributed by atoms with E-state index >= 15 is 0 Å². The quantitative estimate of drug-likeness (QED) is 0.765. The Balaban J connectivity index is 1.59. The van der Waals surface area contributed by atoms with Gasteiger partial charge in [0.2, 0.25) is 5.91 Å². The summed E-state index contributed by atoms with van der Waals surface area (Å²) < 4.78 is 5.15. The van der Waals surface area contributed by atoms with Gasteiger partial charge < -0.3 is 10.1 Å². The summed E-state index contributed by atoms with van der Waals surface area (Å²) >= 11 is 0. The monoisotopic (exact) mass is 366 g/mol. The summed E-state index contributed by atoms with van der Waals surface area (Å²) in [5.74, 6) is -0.129. The van der Waals surface area contributed by atoms with Crippen LogP contribution < -0.4 is 10.1 Å². The summed E-state index contributed by atoms with van der Waals surface area (Å²) in [6.07, 6.45) is 0.795. The molecule has 2 aromatic carbocycles. The number of nitrogens with one attached hydrogen (secondary N) is 1. The number of hydrogen-bond donors (Lipinski definition) is 1. The lowest BCUT2D eigenvalue weighted by atomic mass is 10.0. The van der Waals surface area contributed by atoms with Crippen LogP contribution >= 0.6 is 0 Å². The number of fused-ring (bicyclic) bond motifs is 1. The van der Waals surface area contributed by atoms with Crippen LogP contribution in [0, 0.1) is 0 Å². The number of methoxy groups -OCH3 is 1. The molecule has 1 atom stereocenters. The van der Waals surface area contributed by atoms with E-state index in [2.05, 4.69) is 5.32 Å². The van der Waals surface area contributed by atoms with Gasteiger partial charge in [-0.1, -0.05) is 31.2 Å². The number of ether oxygens (including phenoxy) is 1. The van der Waals surface area contributed by atoms with Gasteiger partial charge in [0, 0.05) is 13.0 Å². The van der Waals surface area contributed by atoms with Crippen molar-refractivity contribution < 1.29 is 19.1 Å². The highest BCUT2D eigenvalue weighted by Crippen LogP contribution is 2.23. The molecule has 0 aromatic heterocycles. The highest BCUT2D eigenvalue weighted by molar-refractivity contribution is 6.21. The van der Waals surface area contributed by atoms with Crippen LogP contribution in [0.15, 0.2) is 48.5 Å². The summed E-state index contributed by atoms with van der Waals surface area (Å²) in [5, 5.41) is 2.97. The Morgan fingerprint density at radius 3 is 2.15 bits per heavy atom. The zero-order valence-corrected chi connectivity index (χ0v) is 15.4. The van der Waals surface area contributed by atoms with Crippen LogP contribution in [0.1, 0.15) is 52.1 Å². The summed E-state index contributed by atoms with van der Waals surface area (Å²) in [6.45, 7) is 2.05. The molecule has 3 amide bonds. The summed E-state index contributed by atoms with van der Waals surface area (Å²) in [6, 6.07) is 14.1. The molecule has 2 aromatic rings. The van der Waals surface area contributed by atoms with Gasteiger partial charge in [0.25, 0.3) is 11.8 Å². The third-order valence-electron chi connectivity index (χ3n) is 4.70. The minimum absolute atomic E-state index is 0.0667. The van der Waals surface area contributed by atoms with Gasteiger partial charge in [-0.05, 0) is 36.2 Å². The number of rotatable bonds is 7. The second kappa shape index (κ2) is 8.03. The van der Waals surface area contributed by atoms with E-state index in [1.165, 1.54) is 0 Å². The molecule has 1 aliphatic rings. The molecule has 0 saturated heterocycles. The molecular formula is C21H22N2O4. The molecule has 1 heterocycles. The van der Waals surface area contributed by atoms with Crippen molar-refractivity contribution in [2.24, 2.45) is 0 Å². The predicted molar refractivity (Wildman–Crippen MR) is 101 cm³/mol. The van der Waals surface area contributed by atoms with Crippen LogP contribution in [-0.2, 0) is 4.79 Å². The van der Waals surface area contributed by atoms with Gasteiger partial charge in [-0.25, -0.2) is 0 Å². The molecule has 0 aliphatic carbocycles. The first kappa shape index (κ1) is 18.6. The largest absolute Gasteiger partial charge is 0.497 e. The molecule has 0 spiro atoms. The predicted octanol–water partition coefficient (Wildman–Crippen LogP) is 2.95. The fourth-order valence-corrected chi connectivity index (χ4v) is 3.18. The normalized spacial score (nSPS) is 14.1. The van der Waals surface area contributed by atoms with Crippen LogP contribution in [0.5, 0.6) is 5.75 Å². The van der Waals surface area contributed by atoms with E-state index in [0.29, 0.717) is 11.1 Å². The number of hydrogen-bond acceptors (Lipinski definition) is 4. The average Bonchev–Trinajstić information content (AvgIpc) is 2.95. The van der Waals surface area contributed by atoms with Crippen molar-refractivity contribution in [2.45, 2.75) is 25.8 Å². The Labute approximate surface area is 158 Å². The highest BCUT2D eigenvalue weighted by atomic mass is 16.5. The lowest BCUT2D eigenvalue weighted by Gasteiger charge is -2.19. The van der Waals surface area contributed by atoms with Crippen LogP contribution in [0.4, 0.5) is 0 Å². The van der Waals surface area contributed by atoms with Gasteiger partial charge >= 0.3 is 0 Å². The lowest BCUT2D eigenvalue weighted by Crippen LogP contribution is -2.35. The third-order valence-corrected chi connectivity index (χ3v) is 4.70. The molecule has 6 nitrogen and oxygen atoms in total. The number of nitrogens with zero attached hydrogens (tertiary/aromatic N) is 1. The molecule has 1 aliphatic heterocycles. The minimum Gasteiger partial charge on any atom is -0.497 e. The maximum absolute atomic E-state index is 12.4. The first-order chi connectivity index (χ1) is 13.0. The zero-order chi connectivity index (χ0) is 19.4. The van der Waals surface area contributed by atoms with Crippen molar-refractivity contribution in [3.8, 4) is 5.75 Å². The Hall–Kier alpha value is -3.15. The summed E-state index contributed by atoms with van der Waals surface area (Å²) in [7, 11) is 1.60. The van der Waals surface area contributed by atoms with E-state index in [0.717, 1.165) is 22.6 Å². The summed E-state index contributed by atoms with van der Waals surface area (Å²) in [4.78, 5) is 38.2. The number of carbonyl (C=O) groups excluding carboxylic acids is 3.